The third kappa shape index (κ3) is 3.62. The van der Waals surface area contributed by atoms with Gasteiger partial charge in [-0.25, -0.2) is 9.78 Å². The molecule has 0 aliphatic carbocycles. The Bertz CT molecular complexity index is 1170. The number of rotatable bonds is 3. The maximum atomic E-state index is 13.5. The Balaban J connectivity index is 1.88. The number of ether oxygens (including phenoxy) is 1. The van der Waals surface area contributed by atoms with Gasteiger partial charge in [-0.3, -0.25) is 4.79 Å². The summed E-state index contributed by atoms with van der Waals surface area (Å²) < 4.78 is 50.6. The van der Waals surface area contributed by atoms with Crippen molar-refractivity contribution in [3.05, 3.63) is 47.2 Å². The highest BCUT2D eigenvalue weighted by atomic mass is 19.4. The SMILES string of the molecule is COC(=O)C1CCCN1C(=O)c1cc(-c2ccccc2C(F)(F)F)nc2onc(C)c12. The normalized spacial score (nSPS) is 16.7. The van der Waals surface area contributed by atoms with Gasteiger partial charge in [0.15, 0.2) is 0 Å². The summed E-state index contributed by atoms with van der Waals surface area (Å²) >= 11 is 0. The lowest BCUT2D eigenvalue weighted by molar-refractivity contribution is -0.145. The molecule has 0 N–H and O–H groups in total. The number of fused-ring (bicyclic) bond motifs is 1. The summed E-state index contributed by atoms with van der Waals surface area (Å²) in [6.45, 7) is 1.93. The van der Waals surface area contributed by atoms with Crippen molar-refractivity contribution in [2.24, 2.45) is 0 Å². The lowest BCUT2D eigenvalue weighted by Gasteiger charge is -2.23. The fourth-order valence-corrected chi connectivity index (χ4v) is 3.90. The first-order chi connectivity index (χ1) is 14.7. The first-order valence-electron chi connectivity index (χ1n) is 9.54. The molecule has 162 valence electrons. The predicted octanol–water partition coefficient (Wildman–Crippen LogP) is 3.99. The highest BCUT2D eigenvalue weighted by Gasteiger charge is 2.38. The first-order valence-corrected chi connectivity index (χ1v) is 9.54. The molecule has 31 heavy (non-hydrogen) atoms. The van der Waals surface area contributed by atoms with E-state index in [0.717, 1.165) is 6.07 Å². The molecule has 1 aromatic carbocycles. The van der Waals surface area contributed by atoms with Gasteiger partial charge in [0, 0.05) is 12.1 Å². The number of aromatic nitrogens is 2. The number of carbonyl (C=O) groups is 2. The Morgan fingerprint density at radius 1 is 1.26 bits per heavy atom. The molecule has 0 spiro atoms. The lowest BCUT2D eigenvalue weighted by Crippen LogP contribution is -2.41. The second kappa shape index (κ2) is 7.68. The van der Waals surface area contributed by atoms with Crippen LogP contribution in [0.3, 0.4) is 0 Å². The Morgan fingerprint density at radius 3 is 2.71 bits per heavy atom. The van der Waals surface area contributed by atoms with Gasteiger partial charge in [0.2, 0.25) is 0 Å². The van der Waals surface area contributed by atoms with Crippen LogP contribution in [-0.2, 0) is 15.7 Å². The summed E-state index contributed by atoms with van der Waals surface area (Å²) in [5, 5.41) is 4.12. The van der Waals surface area contributed by atoms with E-state index in [2.05, 4.69) is 10.1 Å². The van der Waals surface area contributed by atoms with Gasteiger partial charge < -0.3 is 14.2 Å². The van der Waals surface area contributed by atoms with Gasteiger partial charge in [-0.2, -0.15) is 13.2 Å². The number of benzene rings is 1. The highest BCUT2D eigenvalue weighted by Crippen LogP contribution is 2.38. The molecule has 1 saturated heterocycles. The van der Waals surface area contributed by atoms with E-state index in [0.29, 0.717) is 30.5 Å². The largest absolute Gasteiger partial charge is 0.467 e. The topological polar surface area (TPSA) is 85.5 Å². The summed E-state index contributed by atoms with van der Waals surface area (Å²) in [6.07, 6.45) is -3.56. The number of aryl methyl sites for hydroxylation is 1. The first kappa shape index (κ1) is 20.8. The molecule has 3 heterocycles. The summed E-state index contributed by atoms with van der Waals surface area (Å²) in [6, 6.07) is 5.50. The molecule has 1 aliphatic heterocycles. The standard InChI is InChI=1S/C21H18F3N3O4/c1-11-17-13(19(28)27-9-5-8-16(27)20(29)30-2)10-15(25-18(17)31-26-11)12-6-3-4-7-14(12)21(22,23)24/h3-4,6-7,10,16H,5,8-9H2,1-2H3. The van der Waals surface area contributed by atoms with E-state index in [9.17, 15) is 22.8 Å². The minimum atomic E-state index is -4.61. The van der Waals surface area contributed by atoms with E-state index < -0.39 is 29.7 Å². The molecule has 1 atom stereocenters. The molecule has 10 heteroatoms. The van der Waals surface area contributed by atoms with E-state index in [4.69, 9.17) is 9.26 Å². The molecule has 0 bridgehead atoms. The van der Waals surface area contributed by atoms with Gasteiger partial charge in [-0.15, -0.1) is 0 Å². The fraction of sp³-hybridized carbons (Fsp3) is 0.333. The average Bonchev–Trinajstić information content (AvgIpc) is 3.38. The van der Waals surface area contributed by atoms with Crippen LogP contribution < -0.4 is 0 Å². The van der Waals surface area contributed by atoms with E-state index >= 15 is 0 Å². The molecule has 2 aromatic heterocycles. The zero-order chi connectivity index (χ0) is 22.3. The van der Waals surface area contributed by atoms with Gasteiger partial charge in [-0.1, -0.05) is 23.4 Å². The molecule has 1 unspecified atom stereocenters. The molecular formula is C21H18F3N3O4. The van der Waals surface area contributed by atoms with Crippen LogP contribution in [0.5, 0.6) is 0 Å². The molecular weight excluding hydrogens is 415 g/mol. The fourth-order valence-electron chi connectivity index (χ4n) is 3.90. The quantitative estimate of drug-likeness (QED) is 0.581. The molecule has 1 amide bonds. The lowest BCUT2D eigenvalue weighted by atomic mass is 10.00. The Kier molecular flexibility index (Phi) is 5.16. The van der Waals surface area contributed by atoms with Gasteiger partial charge in [0.1, 0.15) is 6.04 Å². The van der Waals surface area contributed by atoms with Crippen LogP contribution in [-0.4, -0.2) is 46.6 Å². The van der Waals surface area contributed by atoms with Crippen molar-refractivity contribution in [2.75, 3.05) is 13.7 Å². The maximum absolute atomic E-state index is 13.5. The Hall–Kier alpha value is -3.43. The zero-order valence-corrected chi connectivity index (χ0v) is 16.7. The van der Waals surface area contributed by atoms with Crippen LogP contribution in [0.2, 0.25) is 0 Å². The van der Waals surface area contributed by atoms with Gasteiger partial charge in [-0.05, 0) is 31.9 Å². The van der Waals surface area contributed by atoms with Crippen molar-refractivity contribution < 1.29 is 32.0 Å². The Labute approximate surface area is 174 Å². The minimum absolute atomic E-state index is 0.0517. The highest BCUT2D eigenvalue weighted by molar-refractivity contribution is 6.08. The predicted molar refractivity (Wildman–Crippen MR) is 103 cm³/mol. The van der Waals surface area contributed by atoms with E-state index in [1.165, 1.54) is 36.3 Å². The number of nitrogens with zero attached hydrogens (tertiary/aromatic N) is 3. The van der Waals surface area contributed by atoms with Crippen molar-refractivity contribution in [3.8, 4) is 11.3 Å². The van der Waals surface area contributed by atoms with Crippen LogP contribution >= 0.6 is 0 Å². The van der Waals surface area contributed by atoms with Crippen LogP contribution in [0.15, 0.2) is 34.9 Å². The molecule has 1 aliphatic rings. The van der Waals surface area contributed by atoms with Crippen molar-refractivity contribution in [1.29, 1.82) is 0 Å². The summed E-state index contributed by atoms with van der Waals surface area (Å²) in [4.78, 5) is 31.1. The molecule has 1 fully saturated rings. The van der Waals surface area contributed by atoms with E-state index in [-0.39, 0.29) is 22.5 Å². The number of alkyl halides is 3. The average molecular weight is 433 g/mol. The monoisotopic (exact) mass is 433 g/mol. The van der Waals surface area contributed by atoms with Crippen molar-refractivity contribution in [1.82, 2.24) is 15.0 Å². The summed E-state index contributed by atoms with van der Waals surface area (Å²) in [5.41, 5.74) is -0.754. The third-order valence-electron chi connectivity index (χ3n) is 5.34. The van der Waals surface area contributed by atoms with Gasteiger partial charge in [0.25, 0.3) is 11.6 Å². The van der Waals surface area contributed by atoms with Crippen LogP contribution in [0.4, 0.5) is 13.2 Å². The number of amides is 1. The number of carbonyl (C=O) groups excluding carboxylic acids is 2. The van der Waals surface area contributed by atoms with Crippen LogP contribution in [0, 0.1) is 6.92 Å². The van der Waals surface area contributed by atoms with Crippen LogP contribution in [0.25, 0.3) is 22.4 Å². The van der Waals surface area contributed by atoms with E-state index in [1.54, 1.807) is 6.92 Å². The summed E-state index contributed by atoms with van der Waals surface area (Å²) in [7, 11) is 1.24. The molecule has 0 radical (unpaired) electrons. The number of likely N-dealkylation sites (tertiary alicyclic amines) is 1. The molecule has 0 saturated carbocycles. The van der Waals surface area contributed by atoms with Gasteiger partial charge >= 0.3 is 12.1 Å². The number of hydrogen-bond acceptors (Lipinski definition) is 6. The summed E-state index contributed by atoms with van der Waals surface area (Å²) in [5.74, 6) is -1.06. The molecule has 7 nitrogen and oxygen atoms in total. The van der Waals surface area contributed by atoms with Crippen molar-refractivity contribution in [2.45, 2.75) is 32.0 Å². The smallest absolute Gasteiger partial charge is 0.417 e. The second-order valence-corrected chi connectivity index (χ2v) is 7.23. The second-order valence-electron chi connectivity index (χ2n) is 7.23. The minimum Gasteiger partial charge on any atom is -0.467 e. The number of esters is 1. The zero-order valence-electron chi connectivity index (χ0n) is 16.7. The van der Waals surface area contributed by atoms with Crippen molar-refractivity contribution in [3.63, 3.8) is 0 Å². The van der Waals surface area contributed by atoms with Crippen LogP contribution in [0.1, 0.15) is 34.5 Å². The number of pyridine rings is 1. The number of methoxy groups -OCH3 is 1. The Morgan fingerprint density at radius 2 is 2.00 bits per heavy atom. The molecule has 3 aromatic rings. The molecule has 4 rings (SSSR count). The van der Waals surface area contributed by atoms with Gasteiger partial charge in [0.05, 0.1) is 35.0 Å². The number of hydrogen-bond donors (Lipinski definition) is 0. The van der Waals surface area contributed by atoms with Crippen molar-refractivity contribution >= 4 is 23.0 Å². The number of halogens is 3. The third-order valence-corrected chi connectivity index (χ3v) is 5.34. The maximum Gasteiger partial charge on any atom is 0.417 e. The van der Waals surface area contributed by atoms with E-state index in [1.807, 2.05) is 0 Å².